The van der Waals surface area contributed by atoms with Crippen LogP contribution in [0.3, 0.4) is 0 Å². The number of aliphatic hydroxyl groups is 2. The lowest BCUT2D eigenvalue weighted by molar-refractivity contribution is -0.790. The largest absolute Gasteiger partial charge is 0.466 e. The van der Waals surface area contributed by atoms with E-state index in [1.165, 1.54) is 43.5 Å². The molecular weight excluding hydrogens is 673 g/mol. The molecule has 19 heteroatoms. The topological polar surface area (TPSA) is 235 Å². The van der Waals surface area contributed by atoms with Gasteiger partial charge >= 0.3 is 5.97 Å². The van der Waals surface area contributed by atoms with E-state index in [0.717, 1.165) is 10.6 Å². The van der Waals surface area contributed by atoms with Crippen molar-refractivity contribution in [2.24, 2.45) is 5.41 Å². The fourth-order valence-corrected chi connectivity index (χ4v) is 5.03. The number of aliphatic hydroxyl groups excluding tert-OH is 2. The number of esters is 1. The van der Waals surface area contributed by atoms with E-state index in [4.69, 9.17) is 4.74 Å². The number of anilines is 1. The van der Waals surface area contributed by atoms with Crippen molar-refractivity contribution in [3.05, 3.63) is 67.6 Å². The number of aromatic nitrogens is 2. The molecule has 0 saturated carbocycles. The van der Waals surface area contributed by atoms with Crippen molar-refractivity contribution in [2.75, 3.05) is 30.8 Å². The second-order valence-electron chi connectivity index (χ2n) is 12.4. The Morgan fingerprint density at radius 2 is 1.76 bits per heavy atom. The molecule has 0 amide bonds. The zero-order valence-corrected chi connectivity index (χ0v) is 28.8. The van der Waals surface area contributed by atoms with Crippen molar-refractivity contribution in [2.45, 2.75) is 77.6 Å². The quantitative estimate of drug-likeness (QED) is 0.114. The maximum Gasteiger partial charge on any atom is 0.308 e. The van der Waals surface area contributed by atoms with Crippen LogP contribution < -0.4 is 4.31 Å². The monoisotopic (exact) mass is 715 g/mol. The van der Waals surface area contributed by atoms with Gasteiger partial charge in [0.1, 0.15) is 18.5 Å². The van der Waals surface area contributed by atoms with Gasteiger partial charge in [0.25, 0.3) is 10.2 Å². The van der Waals surface area contributed by atoms with Gasteiger partial charge in [0.05, 0.1) is 42.9 Å². The molecule has 17 nitrogen and oxygen atoms in total. The molecule has 1 aromatic carbocycles. The van der Waals surface area contributed by atoms with Crippen molar-refractivity contribution >= 4 is 28.0 Å². The Morgan fingerprint density at radius 1 is 1.12 bits per heavy atom. The summed E-state index contributed by atoms with van der Waals surface area (Å²) < 4.78 is 44.3. The van der Waals surface area contributed by atoms with Crippen molar-refractivity contribution in [1.29, 1.82) is 0 Å². The molecule has 0 bridgehead atoms. The van der Waals surface area contributed by atoms with Crippen LogP contribution in [-0.2, 0) is 29.2 Å². The summed E-state index contributed by atoms with van der Waals surface area (Å²) in [4.78, 5) is 51.1. The van der Waals surface area contributed by atoms with Crippen LogP contribution in [0.1, 0.15) is 70.6 Å². The van der Waals surface area contributed by atoms with Gasteiger partial charge in [-0.05, 0) is 48.4 Å². The molecule has 3 atom stereocenters. The van der Waals surface area contributed by atoms with Crippen molar-refractivity contribution in [3.8, 4) is 11.3 Å². The van der Waals surface area contributed by atoms with Gasteiger partial charge in [-0.25, -0.2) is 27.1 Å². The lowest BCUT2D eigenvalue weighted by Gasteiger charge is -2.28. The first-order valence-corrected chi connectivity index (χ1v) is 16.9. The van der Waals surface area contributed by atoms with E-state index >= 15 is 0 Å². The van der Waals surface area contributed by atoms with Crippen LogP contribution in [0, 0.1) is 31.5 Å². The van der Waals surface area contributed by atoms with E-state index in [2.05, 4.69) is 19.6 Å². The summed E-state index contributed by atoms with van der Waals surface area (Å²) in [6.07, 6.45) is -0.443. The van der Waals surface area contributed by atoms with Crippen LogP contribution in [0.4, 0.5) is 10.3 Å². The van der Waals surface area contributed by atoms with E-state index in [1.807, 2.05) is 13.8 Å². The van der Waals surface area contributed by atoms with E-state index in [0.29, 0.717) is 16.8 Å². The smallest absolute Gasteiger partial charge is 0.308 e. The van der Waals surface area contributed by atoms with Crippen molar-refractivity contribution in [3.63, 3.8) is 0 Å². The summed E-state index contributed by atoms with van der Waals surface area (Å²) in [5, 5.41) is 40.2. The minimum absolute atomic E-state index is 0.0237. The van der Waals surface area contributed by atoms with E-state index in [-0.39, 0.29) is 43.4 Å². The lowest BCUT2D eigenvalue weighted by Crippen LogP contribution is -2.31. The number of benzene rings is 1. The molecule has 0 fully saturated rings. The molecule has 1 unspecified atom stereocenters. The number of halogens is 1. The number of carbonyl (C=O) groups excluding carboxylic acids is 1. The first kappa shape index (κ1) is 40.7. The molecule has 2 N–H and O–H groups in total. The molecule has 0 spiro atoms. The van der Waals surface area contributed by atoms with Gasteiger partial charge in [0.15, 0.2) is 0 Å². The Hall–Kier alpha value is -4.49. The lowest BCUT2D eigenvalue weighted by atomic mass is 9.84. The highest BCUT2D eigenvalue weighted by atomic mass is 32.2. The zero-order valence-electron chi connectivity index (χ0n) is 28.0. The maximum absolute atomic E-state index is 13.7. The third-order valence-corrected chi connectivity index (χ3v) is 8.39. The Bertz CT molecular complexity index is 1590. The third kappa shape index (κ3) is 13.9. The van der Waals surface area contributed by atoms with Crippen LogP contribution >= 0.6 is 0 Å². The van der Waals surface area contributed by atoms with Crippen LogP contribution in [0.2, 0.25) is 0 Å². The van der Waals surface area contributed by atoms with Crippen LogP contribution in [0.5, 0.6) is 0 Å². The van der Waals surface area contributed by atoms with E-state index < -0.39 is 68.7 Å². The molecule has 49 heavy (non-hydrogen) atoms. The number of ether oxygens (including phenoxy) is 1. The van der Waals surface area contributed by atoms with Crippen LogP contribution in [0.25, 0.3) is 17.3 Å². The molecule has 0 aliphatic heterocycles. The predicted molar refractivity (Wildman–Crippen MR) is 174 cm³/mol. The van der Waals surface area contributed by atoms with E-state index in [1.54, 1.807) is 13.8 Å². The normalized spacial score (nSPS) is 13.9. The first-order valence-electron chi connectivity index (χ1n) is 15.1. The molecule has 2 rings (SSSR count). The Balaban J connectivity index is 2.11. The molecule has 0 aliphatic carbocycles. The average molecular weight is 716 g/mol. The molecule has 1 heterocycles. The second kappa shape index (κ2) is 17.8. The van der Waals surface area contributed by atoms with Gasteiger partial charge in [-0.1, -0.05) is 39.8 Å². The van der Waals surface area contributed by atoms with Gasteiger partial charge in [0, 0.05) is 24.6 Å². The number of hydrogen-bond acceptors (Lipinski definition) is 14. The van der Waals surface area contributed by atoms with Gasteiger partial charge in [0.2, 0.25) is 16.0 Å². The Labute approximate surface area is 283 Å². The highest BCUT2D eigenvalue weighted by molar-refractivity contribution is 7.92. The SMILES string of the molecule is CC(C)c1nc(N(C)S(C)(=O)=O)nc(-c2ccc(F)cc2)c1/C=C/[C@@H](O)C[C@@H](O)CC(=O)OCCC(C)(C)CC(CO[N+](=O)[O-])O[N+](=O)[O-]. The Morgan fingerprint density at radius 3 is 2.31 bits per heavy atom. The summed E-state index contributed by atoms with van der Waals surface area (Å²) in [6.45, 7) is 6.25. The summed E-state index contributed by atoms with van der Waals surface area (Å²) in [5.41, 5.74) is 0.890. The number of carbonyl (C=O) groups is 1. The molecule has 0 saturated heterocycles. The first-order chi connectivity index (χ1) is 22.7. The highest BCUT2D eigenvalue weighted by Gasteiger charge is 2.28. The molecule has 0 radical (unpaired) electrons. The van der Waals surface area contributed by atoms with Gasteiger partial charge < -0.3 is 24.6 Å². The van der Waals surface area contributed by atoms with E-state index in [9.17, 15) is 48.0 Å². The Kier molecular flexibility index (Phi) is 14.8. The highest BCUT2D eigenvalue weighted by Crippen LogP contribution is 2.32. The number of nitrogens with zero attached hydrogens (tertiary/aromatic N) is 5. The molecule has 1 aromatic heterocycles. The summed E-state index contributed by atoms with van der Waals surface area (Å²) in [7, 11) is -2.42. The minimum atomic E-state index is -3.72. The second-order valence-corrected chi connectivity index (χ2v) is 14.4. The van der Waals surface area contributed by atoms with Crippen LogP contribution in [0.15, 0.2) is 30.3 Å². The third-order valence-electron chi connectivity index (χ3n) is 7.23. The van der Waals surface area contributed by atoms with Crippen molar-refractivity contribution < 1.29 is 52.4 Å². The van der Waals surface area contributed by atoms with Gasteiger partial charge in [-0.3, -0.25) is 4.79 Å². The number of rotatable bonds is 20. The summed E-state index contributed by atoms with van der Waals surface area (Å²) in [5.74, 6) is -1.60. The fraction of sp³-hybridized carbons (Fsp3) is 0.567. The molecular formula is C30H42FN5O12S. The summed E-state index contributed by atoms with van der Waals surface area (Å²) >= 11 is 0. The number of hydrogen-bond donors (Lipinski definition) is 2. The molecule has 0 aliphatic rings. The molecule has 272 valence electrons. The standard InChI is InChI=1S/C30H42FN5O12S/c1-19(2)27-25(28(20-7-9-21(31)10-8-20)33-29(32-27)34(5)49(6,44)45)12-11-22(37)15-23(38)16-26(39)46-14-13-30(3,4)17-24(48-36(42)43)18-47-35(40)41/h7-12,19,22-24,37-38H,13-18H2,1-6H3/b12-11+/t22-,23-,24?/m1/s1. The zero-order chi connectivity index (χ0) is 37.1. The summed E-state index contributed by atoms with van der Waals surface area (Å²) in [6, 6.07) is 5.39. The predicted octanol–water partition coefficient (Wildman–Crippen LogP) is 3.45. The molecule has 2 aromatic rings. The van der Waals surface area contributed by atoms with Gasteiger partial charge in [-0.2, -0.15) is 0 Å². The fourth-order valence-electron chi connectivity index (χ4n) is 4.65. The van der Waals surface area contributed by atoms with Crippen molar-refractivity contribution in [1.82, 2.24) is 9.97 Å². The maximum atomic E-state index is 13.7. The minimum Gasteiger partial charge on any atom is -0.466 e. The van der Waals surface area contributed by atoms with Crippen LogP contribution in [-0.4, -0.2) is 89.6 Å². The average Bonchev–Trinajstić information content (AvgIpc) is 2.97. The number of sulfonamides is 1. The van der Waals surface area contributed by atoms with Gasteiger partial charge in [-0.15, -0.1) is 20.2 Å².